The molecular weight excluding hydrogens is 462 g/mol. The van der Waals surface area contributed by atoms with Gasteiger partial charge in [0, 0.05) is 41.7 Å². The van der Waals surface area contributed by atoms with Crippen LogP contribution in [0.1, 0.15) is 29.6 Å². The molecule has 0 atom stereocenters. The van der Waals surface area contributed by atoms with Crippen molar-refractivity contribution in [3.05, 3.63) is 52.6 Å². The van der Waals surface area contributed by atoms with Gasteiger partial charge in [0.2, 0.25) is 0 Å². The van der Waals surface area contributed by atoms with E-state index >= 15 is 0 Å². The molecule has 5 nitrogen and oxygen atoms in total. The third-order valence-electron chi connectivity index (χ3n) is 5.89. The molecule has 0 bridgehead atoms. The number of aromatic nitrogens is 1. The van der Waals surface area contributed by atoms with Crippen molar-refractivity contribution in [3.63, 3.8) is 0 Å². The molecule has 4 rings (SSSR count). The molecule has 2 aliphatic heterocycles. The molecule has 0 unspecified atom stereocenters. The second kappa shape index (κ2) is 10.8. The Morgan fingerprint density at radius 1 is 1.10 bits per heavy atom. The summed E-state index contributed by atoms with van der Waals surface area (Å²) in [5, 5.41) is 0.777. The first-order valence-corrected chi connectivity index (χ1v) is 12.3. The lowest BCUT2D eigenvalue weighted by atomic mass is 9.93. The highest BCUT2D eigenvalue weighted by molar-refractivity contribution is 9.10. The number of carbonyl (C=O) groups is 1. The highest BCUT2D eigenvalue weighted by atomic mass is 79.9. The van der Waals surface area contributed by atoms with Gasteiger partial charge in [-0.3, -0.25) is 9.69 Å². The third kappa shape index (κ3) is 5.84. The number of carbonyl (C=O) groups excluding carboxylic acids is 1. The molecule has 0 radical (unpaired) electrons. The predicted octanol–water partition coefficient (Wildman–Crippen LogP) is 4.57. The lowest BCUT2D eigenvalue weighted by Crippen LogP contribution is -2.41. The SMILES string of the molecule is O=C(c1cccnc1Sc1ccc(Br)cc1)N1CCC(CCN2CCOCC2)CC1. The monoisotopic (exact) mass is 489 g/mol. The Balaban J connectivity index is 1.32. The molecule has 30 heavy (non-hydrogen) atoms. The number of ether oxygens (including phenoxy) is 1. The molecule has 1 aromatic carbocycles. The second-order valence-corrected chi connectivity index (χ2v) is 9.87. The largest absolute Gasteiger partial charge is 0.379 e. The van der Waals surface area contributed by atoms with Crippen molar-refractivity contribution in [2.24, 2.45) is 5.92 Å². The number of halogens is 1. The Labute approximate surface area is 191 Å². The number of nitrogens with zero attached hydrogens (tertiary/aromatic N) is 3. The number of amides is 1. The molecule has 2 aliphatic rings. The van der Waals surface area contributed by atoms with E-state index in [2.05, 4.69) is 25.8 Å². The highest BCUT2D eigenvalue weighted by Gasteiger charge is 2.26. The van der Waals surface area contributed by atoms with Crippen molar-refractivity contribution in [1.82, 2.24) is 14.8 Å². The van der Waals surface area contributed by atoms with Gasteiger partial charge in [0.05, 0.1) is 18.8 Å². The summed E-state index contributed by atoms with van der Waals surface area (Å²) < 4.78 is 6.47. The number of hydrogen-bond acceptors (Lipinski definition) is 5. The van der Waals surface area contributed by atoms with Crippen LogP contribution in [-0.4, -0.2) is 66.6 Å². The van der Waals surface area contributed by atoms with E-state index in [1.54, 1.807) is 18.0 Å². The van der Waals surface area contributed by atoms with Crippen molar-refractivity contribution in [3.8, 4) is 0 Å². The molecule has 2 fully saturated rings. The summed E-state index contributed by atoms with van der Waals surface area (Å²) in [6.07, 6.45) is 5.16. The van der Waals surface area contributed by atoms with Gasteiger partial charge >= 0.3 is 0 Å². The van der Waals surface area contributed by atoms with Crippen molar-refractivity contribution < 1.29 is 9.53 Å². The summed E-state index contributed by atoms with van der Waals surface area (Å²) in [5.41, 5.74) is 0.706. The molecule has 160 valence electrons. The molecule has 1 amide bonds. The normalized spacial score (nSPS) is 18.5. The number of pyridine rings is 1. The average Bonchev–Trinajstić information content (AvgIpc) is 2.80. The van der Waals surface area contributed by atoms with Crippen LogP contribution in [0.25, 0.3) is 0 Å². The Morgan fingerprint density at radius 3 is 2.57 bits per heavy atom. The number of morpholine rings is 1. The van der Waals surface area contributed by atoms with E-state index in [-0.39, 0.29) is 5.91 Å². The van der Waals surface area contributed by atoms with Crippen LogP contribution in [-0.2, 0) is 4.74 Å². The summed E-state index contributed by atoms with van der Waals surface area (Å²) in [6, 6.07) is 11.9. The van der Waals surface area contributed by atoms with Gasteiger partial charge in [-0.1, -0.05) is 27.7 Å². The first-order chi connectivity index (χ1) is 14.7. The molecule has 7 heteroatoms. The fourth-order valence-electron chi connectivity index (χ4n) is 4.03. The smallest absolute Gasteiger partial charge is 0.256 e. The Kier molecular flexibility index (Phi) is 7.82. The molecule has 2 aromatic rings. The maximum absolute atomic E-state index is 13.2. The minimum Gasteiger partial charge on any atom is -0.379 e. The van der Waals surface area contributed by atoms with Gasteiger partial charge in [0.1, 0.15) is 5.03 Å². The zero-order valence-electron chi connectivity index (χ0n) is 17.1. The first kappa shape index (κ1) is 21.8. The van der Waals surface area contributed by atoms with Crippen LogP contribution >= 0.6 is 27.7 Å². The first-order valence-electron chi connectivity index (χ1n) is 10.7. The van der Waals surface area contributed by atoms with Crippen LogP contribution in [0.5, 0.6) is 0 Å². The fourth-order valence-corrected chi connectivity index (χ4v) is 5.17. The van der Waals surface area contributed by atoms with E-state index < -0.39 is 0 Å². The molecule has 0 N–H and O–H groups in total. The maximum Gasteiger partial charge on any atom is 0.256 e. The number of rotatable bonds is 6. The van der Waals surface area contributed by atoms with Gasteiger partial charge in [0.15, 0.2) is 0 Å². The topological polar surface area (TPSA) is 45.7 Å². The predicted molar refractivity (Wildman–Crippen MR) is 123 cm³/mol. The Morgan fingerprint density at radius 2 is 1.83 bits per heavy atom. The van der Waals surface area contributed by atoms with Crippen LogP contribution in [0.15, 0.2) is 57.0 Å². The van der Waals surface area contributed by atoms with Gasteiger partial charge < -0.3 is 9.64 Å². The zero-order valence-corrected chi connectivity index (χ0v) is 19.5. The second-order valence-electron chi connectivity index (χ2n) is 7.89. The van der Waals surface area contributed by atoms with E-state index in [4.69, 9.17) is 4.74 Å². The highest BCUT2D eigenvalue weighted by Crippen LogP contribution is 2.31. The van der Waals surface area contributed by atoms with Gasteiger partial charge in [-0.25, -0.2) is 4.98 Å². The standard InChI is InChI=1S/C23H28BrN3O2S/c24-19-3-5-20(6-4-19)30-22-21(2-1-10-25-22)23(28)27-12-8-18(9-13-27)7-11-26-14-16-29-17-15-26/h1-6,10,18H,7-9,11-17H2. The van der Waals surface area contributed by atoms with E-state index in [0.717, 1.165) is 73.2 Å². The molecule has 0 aliphatic carbocycles. The number of benzene rings is 1. The van der Waals surface area contributed by atoms with E-state index in [1.807, 2.05) is 41.3 Å². The summed E-state index contributed by atoms with van der Waals surface area (Å²) in [7, 11) is 0. The fraction of sp³-hybridized carbons (Fsp3) is 0.478. The third-order valence-corrected chi connectivity index (χ3v) is 7.44. The van der Waals surface area contributed by atoms with E-state index in [0.29, 0.717) is 11.5 Å². The van der Waals surface area contributed by atoms with Crippen LogP contribution in [0.3, 0.4) is 0 Å². The Bertz CT molecular complexity index is 835. The minimum atomic E-state index is 0.106. The minimum absolute atomic E-state index is 0.106. The number of hydrogen-bond donors (Lipinski definition) is 0. The summed E-state index contributed by atoms with van der Waals surface area (Å²) in [4.78, 5) is 23.3. The van der Waals surface area contributed by atoms with Crippen molar-refractivity contribution in [2.75, 3.05) is 45.9 Å². The van der Waals surface area contributed by atoms with Crippen LogP contribution in [0.2, 0.25) is 0 Å². The van der Waals surface area contributed by atoms with Gasteiger partial charge in [-0.05, 0) is 68.1 Å². The molecule has 0 saturated carbocycles. The molecule has 2 saturated heterocycles. The summed E-state index contributed by atoms with van der Waals surface area (Å²) in [6.45, 7) is 6.65. The Hall–Kier alpha value is -1.41. The molecular formula is C23H28BrN3O2S. The zero-order chi connectivity index (χ0) is 20.8. The van der Waals surface area contributed by atoms with Gasteiger partial charge in [0.25, 0.3) is 5.91 Å². The van der Waals surface area contributed by atoms with Crippen molar-refractivity contribution in [1.29, 1.82) is 0 Å². The van der Waals surface area contributed by atoms with Crippen LogP contribution in [0.4, 0.5) is 0 Å². The van der Waals surface area contributed by atoms with E-state index in [1.165, 1.54) is 6.42 Å². The summed E-state index contributed by atoms with van der Waals surface area (Å²) >= 11 is 5.01. The van der Waals surface area contributed by atoms with Crippen molar-refractivity contribution in [2.45, 2.75) is 29.2 Å². The van der Waals surface area contributed by atoms with Gasteiger partial charge in [-0.15, -0.1) is 0 Å². The number of likely N-dealkylation sites (tertiary alicyclic amines) is 1. The van der Waals surface area contributed by atoms with E-state index in [9.17, 15) is 4.79 Å². The van der Waals surface area contributed by atoms with Crippen LogP contribution in [0, 0.1) is 5.92 Å². The maximum atomic E-state index is 13.2. The molecule has 3 heterocycles. The number of piperidine rings is 1. The lowest BCUT2D eigenvalue weighted by Gasteiger charge is -2.34. The lowest BCUT2D eigenvalue weighted by molar-refractivity contribution is 0.0332. The van der Waals surface area contributed by atoms with Crippen molar-refractivity contribution >= 4 is 33.6 Å². The average molecular weight is 490 g/mol. The molecule has 1 aromatic heterocycles. The van der Waals surface area contributed by atoms with Gasteiger partial charge in [-0.2, -0.15) is 0 Å². The van der Waals surface area contributed by atoms with Crippen LogP contribution < -0.4 is 0 Å². The summed E-state index contributed by atoms with van der Waals surface area (Å²) in [5.74, 6) is 0.816. The quantitative estimate of drug-likeness (QED) is 0.594. The molecule has 0 spiro atoms.